The van der Waals surface area contributed by atoms with Crippen LogP contribution < -0.4 is 0 Å². The maximum atomic E-state index is 10.6. The molecule has 4 N–H and O–H groups in total. The molecule has 2 unspecified atom stereocenters. The van der Waals surface area contributed by atoms with Crippen molar-refractivity contribution in [2.75, 3.05) is 6.61 Å². The van der Waals surface area contributed by atoms with E-state index in [-0.39, 0.29) is 25.0 Å². The number of H-pyrrole nitrogens is 1. The van der Waals surface area contributed by atoms with Crippen LogP contribution in [0, 0.1) is 5.92 Å². The third kappa shape index (κ3) is 6.35. The second kappa shape index (κ2) is 11.3. The van der Waals surface area contributed by atoms with E-state index in [9.17, 15) is 15.3 Å². The number of benzene rings is 2. The van der Waals surface area contributed by atoms with Crippen LogP contribution in [-0.2, 0) is 6.42 Å². The molecule has 7 heteroatoms. The molecule has 1 aromatic heterocycles. The number of hydrogen-bond acceptors (Lipinski definition) is 6. The summed E-state index contributed by atoms with van der Waals surface area (Å²) in [5.41, 5.74) is 4.56. The molecule has 1 heterocycles. The van der Waals surface area contributed by atoms with Crippen LogP contribution >= 0.6 is 0 Å². The molecule has 0 saturated carbocycles. The molecular weight excluding hydrogens is 416 g/mol. The van der Waals surface area contributed by atoms with Crippen molar-refractivity contribution in [1.82, 2.24) is 15.2 Å². The summed E-state index contributed by atoms with van der Waals surface area (Å²) in [4.78, 5) is 8.87. The van der Waals surface area contributed by atoms with Crippen molar-refractivity contribution < 1.29 is 15.3 Å². The highest BCUT2D eigenvalue weighted by Gasteiger charge is 2.30. The standard InChI is InChI=1S/C26H34N4O3/c1-4-15-26(32,33)24(29-19(3)18(2)16-31)14-11-20-9-12-21(13-10-20)22-7-5-6-8-23(22)25-27-17-28-30-25/h5-10,12-13,17-19,31-33H,4,11,14-16H2,1-3H3,(H,27,28,30). The van der Waals surface area contributed by atoms with E-state index in [0.29, 0.717) is 25.0 Å². The molecule has 0 aliphatic heterocycles. The number of aliphatic imine (C=N–C) groups is 1. The van der Waals surface area contributed by atoms with Gasteiger partial charge in [-0.2, -0.15) is 5.10 Å². The molecule has 3 rings (SSSR count). The van der Waals surface area contributed by atoms with Gasteiger partial charge in [0, 0.05) is 24.5 Å². The fourth-order valence-electron chi connectivity index (χ4n) is 3.78. The number of aliphatic hydroxyl groups excluding tert-OH is 1. The lowest BCUT2D eigenvalue weighted by atomic mass is 9.95. The van der Waals surface area contributed by atoms with Gasteiger partial charge in [-0.25, -0.2) is 4.98 Å². The average molecular weight is 451 g/mol. The molecule has 0 radical (unpaired) electrons. The van der Waals surface area contributed by atoms with Crippen LogP contribution in [0.3, 0.4) is 0 Å². The first-order chi connectivity index (χ1) is 15.9. The second-order valence-corrected chi connectivity index (χ2v) is 8.62. The Morgan fingerprint density at radius 2 is 1.76 bits per heavy atom. The highest BCUT2D eigenvalue weighted by atomic mass is 16.5. The molecule has 7 nitrogen and oxygen atoms in total. The third-order valence-corrected chi connectivity index (χ3v) is 6.04. The minimum Gasteiger partial charge on any atom is -0.396 e. The largest absolute Gasteiger partial charge is 0.396 e. The van der Waals surface area contributed by atoms with E-state index < -0.39 is 5.79 Å². The van der Waals surface area contributed by atoms with Gasteiger partial charge in [-0.15, -0.1) is 0 Å². The lowest BCUT2D eigenvalue weighted by molar-refractivity contribution is -0.106. The van der Waals surface area contributed by atoms with Crippen molar-refractivity contribution in [2.24, 2.45) is 10.9 Å². The normalized spacial score (nSPS) is 14.3. The number of aryl methyl sites for hydroxylation is 1. The van der Waals surface area contributed by atoms with Gasteiger partial charge in [0.1, 0.15) is 6.33 Å². The van der Waals surface area contributed by atoms with Gasteiger partial charge in [0.2, 0.25) is 5.79 Å². The minimum atomic E-state index is -1.94. The van der Waals surface area contributed by atoms with Crippen LogP contribution in [0.5, 0.6) is 0 Å². The zero-order chi connectivity index (χ0) is 23.8. The van der Waals surface area contributed by atoms with Gasteiger partial charge in [-0.05, 0) is 36.5 Å². The zero-order valence-electron chi connectivity index (χ0n) is 19.6. The molecule has 0 bridgehead atoms. The fourth-order valence-corrected chi connectivity index (χ4v) is 3.78. The number of nitrogens with one attached hydrogen (secondary N) is 1. The molecule has 3 aromatic rings. The van der Waals surface area contributed by atoms with E-state index in [2.05, 4.69) is 50.5 Å². The Morgan fingerprint density at radius 3 is 2.36 bits per heavy atom. The molecule has 0 amide bonds. The lowest BCUT2D eigenvalue weighted by Crippen LogP contribution is -2.39. The van der Waals surface area contributed by atoms with E-state index in [1.807, 2.05) is 39.0 Å². The molecule has 2 atom stereocenters. The Balaban J connectivity index is 1.78. The Hall–Kier alpha value is -2.87. The summed E-state index contributed by atoms with van der Waals surface area (Å²) in [6.07, 6.45) is 3.43. The zero-order valence-corrected chi connectivity index (χ0v) is 19.6. The molecule has 176 valence electrons. The van der Waals surface area contributed by atoms with Crippen molar-refractivity contribution >= 4 is 5.71 Å². The van der Waals surface area contributed by atoms with Gasteiger partial charge in [0.05, 0.1) is 11.8 Å². The Morgan fingerprint density at radius 1 is 1.06 bits per heavy atom. The Bertz CT molecular complexity index is 1030. The summed E-state index contributed by atoms with van der Waals surface area (Å²) in [5.74, 6) is -1.27. The number of rotatable bonds is 11. The number of aromatic amines is 1. The van der Waals surface area contributed by atoms with Crippen LogP contribution in [0.4, 0.5) is 0 Å². The summed E-state index contributed by atoms with van der Waals surface area (Å²) >= 11 is 0. The van der Waals surface area contributed by atoms with Crippen molar-refractivity contribution in [3.8, 4) is 22.5 Å². The SMILES string of the molecule is CCCC(O)(O)C(CCc1ccc(-c2ccccc2-c2ncn[nH]2)cc1)=NC(C)C(C)CO. The predicted molar refractivity (Wildman–Crippen MR) is 131 cm³/mol. The van der Waals surface area contributed by atoms with Gasteiger partial charge in [-0.1, -0.05) is 68.8 Å². The van der Waals surface area contributed by atoms with E-state index >= 15 is 0 Å². The van der Waals surface area contributed by atoms with Gasteiger partial charge < -0.3 is 15.3 Å². The van der Waals surface area contributed by atoms with E-state index in [0.717, 1.165) is 28.1 Å². The van der Waals surface area contributed by atoms with Crippen LogP contribution in [0.15, 0.2) is 59.9 Å². The van der Waals surface area contributed by atoms with Crippen LogP contribution in [0.2, 0.25) is 0 Å². The van der Waals surface area contributed by atoms with Crippen LogP contribution in [0.1, 0.15) is 45.6 Å². The summed E-state index contributed by atoms with van der Waals surface area (Å²) in [6, 6.07) is 16.1. The molecule has 0 aliphatic carbocycles. The summed E-state index contributed by atoms with van der Waals surface area (Å²) < 4.78 is 0. The van der Waals surface area contributed by atoms with Crippen molar-refractivity contribution in [1.29, 1.82) is 0 Å². The van der Waals surface area contributed by atoms with Crippen molar-refractivity contribution in [3.05, 3.63) is 60.4 Å². The third-order valence-electron chi connectivity index (χ3n) is 6.04. The van der Waals surface area contributed by atoms with Crippen molar-refractivity contribution in [2.45, 2.75) is 58.3 Å². The molecule has 0 fully saturated rings. The maximum absolute atomic E-state index is 10.6. The highest BCUT2D eigenvalue weighted by molar-refractivity contribution is 5.91. The monoisotopic (exact) mass is 450 g/mol. The van der Waals surface area contributed by atoms with E-state index in [1.54, 1.807) is 0 Å². The number of nitrogens with zero attached hydrogens (tertiary/aromatic N) is 3. The number of aromatic nitrogens is 3. The summed E-state index contributed by atoms with van der Waals surface area (Å²) in [5, 5.41) is 37.5. The molecule has 0 spiro atoms. The van der Waals surface area contributed by atoms with Crippen molar-refractivity contribution in [3.63, 3.8) is 0 Å². The first kappa shape index (κ1) is 24.8. The van der Waals surface area contributed by atoms with Gasteiger partial charge in [0.25, 0.3) is 0 Å². The maximum Gasteiger partial charge on any atom is 0.202 e. The average Bonchev–Trinajstić information content (AvgIpc) is 3.36. The van der Waals surface area contributed by atoms with Crippen LogP contribution in [-0.4, -0.2) is 54.6 Å². The van der Waals surface area contributed by atoms with Gasteiger partial charge >= 0.3 is 0 Å². The first-order valence-electron chi connectivity index (χ1n) is 11.5. The second-order valence-electron chi connectivity index (χ2n) is 8.62. The van der Waals surface area contributed by atoms with Gasteiger partial charge in [-0.3, -0.25) is 10.1 Å². The molecule has 0 saturated heterocycles. The molecular formula is C26H34N4O3. The molecule has 2 aromatic carbocycles. The predicted octanol–water partition coefficient (Wildman–Crippen LogP) is 4.01. The first-order valence-corrected chi connectivity index (χ1v) is 11.5. The lowest BCUT2D eigenvalue weighted by Gasteiger charge is -2.26. The molecule has 0 aliphatic rings. The Labute approximate surface area is 195 Å². The topological polar surface area (TPSA) is 115 Å². The van der Waals surface area contributed by atoms with Crippen LogP contribution in [0.25, 0.3) is 22.5 Å². The summed E-state index contributed by atoms with van der Waals surface area (Å²) in [7, 11) is 0. The summed E-state index contributed by atoms with van der Waals surface area (Å²) in [6.45, 7) is 5.71. The number of hydrogen-bond donors (Lipinski definition) is 4. The molecule has 33 heavy (non-hydrogen) atoms. The number of aliphatic hydroxyl groups is 3. The minimum absolute atomic E-state index is 0.00653. The smallest absolute Gasteiger partial charge is 0.202 e. The highest BCUT2D eigenvalue weighted by Crippen LogP contribution is 2.30. The van der Waals surface area contributed by atoms with Gasteiger partial charge in [0.15, 0.2) is 5.82 Å². The Kier molecular flexibility index (Phi) is 8.49. The fraction of sp³-hybridized carbons (Fsp3) is 0.423. The quantitative estimate of drug-likeness (QED) is 0.260. The van der Waals surface area contributed by atoms with E-state index in [1.165, 1.54) is 6.33 Å². The van der Waals surface area contributed by atoms with E-state index in [4.69, 9.17) is 0 Å².